The van der Waals surface area contributed by atoms with Crippen molar-refractivity contribution in [1.29, 1.82) is 5.26 Å². The zero-order valence-corrected chi connectivity index (χ0v) is 25.1. The maximum Gasteiger partial charge on any atom is 0.265 e. The largest absolute Gasteiger partial charge is 0.478 e. The first-order chi connectivity index (χ1) is 21.0. The van der Waals surface area contributed by atoms with Crippen LogP contribution in [0.2, 0.25) is 0 Å². The Morgan fingerprint density at radius 1 is 1.14 bits per heavy atom. The van der Waals surface area contributed by atoms with E-state index in [1.807, 2.05) is 6.07 Å². The summed E-state index contributed by atoms with van der Waals surface area (Å²) in [5.74, 6) is -1.13. The number of amides is 4. The molecular weight excluding hydrogens is 569 g/mol. The van der Waals surface area contributed by atoms with E-state index in [1.54, 1.807) is 4.90 Å². The van der Waals surface area contributed by atoms with Gasteiger partial charge in [0.1, 0.15) is 29.7 Å². The molecule has 6 atom stereocenters. The number of carbonyl (C=O) groups is 4. The van der Waals surface area contributed by atoms with Gasteiger partial charge in [0.15, 0.2) is 6.10 Å². The van der Waals surface area contributed by atoms with Gasteiger partial charge in [0.2, 0.25) is 17.7 Å². The van der Waals surface area contributed by atoms with Crippen molar-refractivity contribution in [1.82, 2.24) is 15.5 Å². The lowest BCUT2D eigenvalue weighted by Crippen LogP contribution is -2.57. The first-order valence-corrected chi connectivity index (χ1v) is 15.7. The smallest absolute Gasteiger partial charge is 0.265 e. The van der Waals surface area contributed by atoms with Gasteiger partial charge in [-0.05, 0) is 60.5 Å². The molecule has 1 aromatic rings. The third-order valence-electron chi connectivity index (χ3n) is 10.2. The Bertz CT molecular complexity index is 1370. The van der Waals surface area contributed by atoms with E-state index >= 15 is 0 Å². The average molecular weight is 610 g/mol. The van der Waals surface area contributed by atoms with Crippen LogP contribution in [-0.4, -0.2) is 72.5 Å². The van der Waals surface area contributed by atoms with Crippen molar-refractivity contribution in [3.63, 3.8) is 0 Å². The number of benzene rings is 1. The van der Waals surface area contributed by atoms with Crippen molar-refractivity contribution in [3.8, 4) is 11.8 Å². The molecule has 2 saturated heterocycles. The van der Waals surface area contributed by atoms with E-state index < -0.39 is 41.9 Å². The first kappa shape index (κ1) is 30.3. The van der Waals surface area contributed by atoms with Gasteiger partial charge in [-0.3, -0.25) is 19.2 Å². The van der Waals surface area contributed by atoms with E-state index in [0.29, 0.717) is 44.2 Å². The van der Waals surface area contributed by atoms with Gasteiger partial charge in [-0.15, -0.1) is 0 Å². The SMILES string of the molecule is CC1(C)[C@@H]2[C@@H](C(=O)NC(C#N)C[C@@H]3Oc4cc(F)ccc4NC3=O)N(C(=O)C(CC3CC3)NC(=O)CC3CCOCC3)C[C@@H]21. The fourth-order valence-electron chi connectivity index (χ4n) is 7.27. The zero-order valence-electron chi connectivity index (χ0n) is 25.1. The van der Waals surface area contributed by atoms with Gasteiger partial charge in [-0.2, -0.15) is 5.26 Å². The molecule has 0 bridgehead atoms. The van der Waals surface area contributed by atoms with E-state index in [0.717, 1.165) is 31.7 Å². The number of piperidine rings is 1. The van der Waals surface area contributed by atoms with E-state index in [1.165, 1.54) is 12.1 Å². The standard InChI is InChI=1S/C32H40FN5O6/c1-32(2)21-16-38(31(42)23(11-17-3-4-17)36-26(39)12-18-7-9-43-10-8-18)28(27(21)32)30(41)35-20(15-34)14-25-29(40)37-22-6-5-19(33)13-24(22)44-25/h5-6,13,17-18,20-21,23,25,27-28H,3-4,7-12,14,16H2,1-2H3,(H,35,41)(H,36,39)(H,37,40)/t20?,21-,23?,25-,27-,28-/m0/s1. The van der Waals surface area contributed by atoms with Crippen molar-refractivity contribution in [3.05, 3.63) is 24.0 Å². The number of rotatable bonds is 10. The second-order valence-corrected chi connectivity index (χ2v) is 13.6. The van der Waals surface area contributed by atoms with Gasteiger partial charge in [0.25, 0.3) is 5.91 Å². The molecule has 12 heteroatoms. The fourth-order valence-corrected chi connectivity index (χ4v) is 7.27. The second kappa shape index (κ2) is 12.0. The summed E-state index contributed by atoms with van der Waals surface area (Å²) in [5.41, 5.74) is 0.173. The normalized spacial score (nSPS) is 28.3. The van der Waals surface area contributed by atoms with E-state index in [-0.39, 0.29) is 47.2 Å². The Hall–Kier alpha value is -3.72. The lowest BCUT2D eigenvalue weighted by molar-refractivity contribution is -0.143. The summed E-state index contributed by atoms with van der Waals surface area (Å²) in [4.78, 5) is 55.1. The number of carbonyl (C=O) groups excluding carboxylic acids is 4. The van der Waals surface area contributed by atoms with Gasteiger partial charge in [0, 0.05) is 38.7 Å². The quantitative estimate of drug-likeness (QED) is 0.369. The lowest BCUT2D eigenvalue weighted by atomic mass is 9.95. The molecule has 2 unspecified atom stereocenters. The zero-order chi connectivity index (χ0) is 31.2. The van der Waals surface area contributed by atoms with Crippen molar-refractivity contribution in [2.45, 2.75) is 83.0 Å². The number of halogens is 1. The highest BCUT2D eigenvalue weighted by molar-refractivity contribution is 5.98. The molecule has 2 aliphatic carbocycles. The monoisotopic (exact) mass is 609 g/mol. The van der Waals surface area contributed by atoms with Crippen molar-refractivity contribution in [2.24, 2.45) is 29.1 Å². The number of fused-ring (bicyclic) bond motifs is 2. The second-order valence-electron chi connectivity index (χ2n) is 13.6. The molecule has 4 fully saturated rings. The molecule has 0 radical (unpaired) electrons. The third-order valence-corrected chi connectivity index (χ3v) is 10.2. The van der Waals surface area contributed by atoms with Crippen molar-refractivity contribution < 1.29 is 33.0 Å². The summed E-state index contributed by atoms with van der Waals surface area (Å²) >= 11 is 0. The summed E-state index contributed by atoms with van der Waals surface area (Å²) in [6, 6.07) is 3.19. The molecule has 0 aromatic heterocycles. The van der Waals surface area contributed by atoms with Crippen LogP contribution in [0.5, 0.6) is 5.75 Å². The Labute approximate surface area is 256 Å². The van der Waals surface area contributed by atoms with E-state index in [2.05, 4.69) is 29.8 Å². The minimum Gasteiger partial charge on any atom is -0.478 e. The van der Waals surface area contributed by atoms with Crippen molar-refractivity contribution in [2.75, 3.05) is 25.1 Å². The topological polar surface area (TPSA) is 150 Å². The van der Waals surface area contributed by atoms with Crippen LogP contribution >= 0.6 is 0 Å². The molecule has 236 valence electrons. The maximum atomic E-state index is 14.0. The van der Waals surface area contributed by atoms with E-state index in [9.17, 15) is 28.8 Å². The minimum absolute atomic E-state index is 0.0885. The van der Waals surface area contributed by atoms with Crippen LogP contribution in [0.15, 0.2) is 18.2 Å². The number of nitrogens with zero attached hydrogens (tertiary/aromatic N) is 2. The highest BCUT2D eigenvalue weighted by Crippen LogP contribution is 2.65. The fraction of sp³-hybridized carbons (Fsp3) is 0.656. The van der Waals surface area contributed by atoms with Gasteiger partial charge >= 0.3 is 0 Å². The molecule has 2 saturated carbocycles. The minimum atomic E-state index is -1.12. The summed E-state index contributed by atoms with van der Waals surface area (Å²) in [5, 5.41) is 18.3. The van der Waals surface area contributed by atoms with Gasteiger partial charge in [-0.25, -0.2) is 4.39 Å². The molecule has 3 heterocycles. The Kier molecular flexibility index (Phi) is 8.26. The highest BCUT2D eigenvalue weighted by atomic mass is 19.1. The number of nitrogens with one attached hydrogen (secondary N) is 3. The maximum absolute atomic E-state index is 14.0. The summed E-state index contributed by atoms with van der Waals surface area (Å²) in [6.07, 6.45) is 3.27. The molecule has 1 aromatic carbocycles. The van der Waals surface area contributed by atoms with Crippen molar-refractivity contribution >= 4 is 29.3 Å². The van der Waals surface area contributed by atoms with Gasteiger partial charge in [-0.1, -0.05) is 26.7 Å². The van der Waals surface area contributed by atoms with E-state index in [4.69, 9.17) is 9.47 Å². The molecule has 44 heavy (non-hydrogen) atoms. The predicted molar refractivity (Wildman–Crippen MR) is 155 cm³/mol. The van der Waals surface area contributed by atoms with Crippen LogP contribution in [0, 0.1) is 46.2 Å². The molecule has 3 N–H and O–H groups in total. The number of likely N-dealkylation sites (tertiary alicyclic amines) is 1. The molecular formula is C32H40FN5O6. The predicted octanol–water partition coefficient (Wildman–Crippen LogP) is 2.51. The summed E-state index contributed by atoms with van der Waals surface area (Å²) < 4.78 is 24.8. The molecule has 5 aliphatic rings. The molecule has 0 spiro atoms. The molecule has 3 aliphatic heterocycles. The molecule has 11 nitrogen and oxygen atoms in total. The third kappa shape index (κ3) is 6.25. The Balaban J connectivity index is 1.13. The lowest BCUT2D eigenvalue weighted by Gasteiger charge is -2.34. The van der Waals surface area contributed by atoms with Crippen LogP contribution in [0.25, 0.3) is 0 Å². The first-order valence-electron chi connectivity index (χ1n) is 15.7. The van der Waals surface area contributed by atoms with Crippen LogP contribution in [0.4, 0.5) is 10.1 Å². The van der Waals surface area contributed by atoms with Crippen LogP contribution in [0.3, 0.4) is 0 Å². The Morgan fingerprint density at radius 3 is 2.59 bits per heavy atom. The van der Waals surface area contributed by atoms with Gasteiger partial charge < -0.3 is 30.3 Å². The number of hydrogen-bond donors (Lipinski definition) is 3. The summed E-state index contributed by atoms with van der Waals surface area (Å²) in [7, 11) is 0. The molecule has 4 amide bonds. The number of nitriles is 1. The summed E-state index contributed by atoms with van der Waals surface area (Å²) in [6.45, 7) is 5.82. The number of anilines is 1. The average Bonchev–Trinajstić information content (AvgIpc) is 3.84. The number of ether oxygens (including phenoxy) is 2. The van der Waals surface area contributed by atoms with Gasteiger partial charge in [0.05, 0.1) is 11.8 Å². The van der Waals surface area contributed by atoms with Crippen LogP contribution in [-0.2, 0) is 23.9 Å². The number of hydrogen-bond acceptors (Lipinski definition) is 7. The van der Waals surface area contributed by atoms with Crippen LogP contribution in [0.1, 0.15) is 58.8 Å². The highest BCUT2D eigenvalue weighted by Gasteiger charge is 2.69. The van der Waals surface area contributed by atoms with Crippen LogP contribution < -0.4 is 20.7 Å². The Morgan fingerprint density at radius 2 is 1.89 bits per heavy atom. The molecule has 6 rings (SSSR count).